The summed E-state index contributed by atoms with van der Waals surface area (Å²) in [5, 5.41) is 0. The maximum absolute atomic E-state index is 12.0. The molecule has 5 nitrogen and oxygen atoms in total. The Balaban J connectivity index is 2.74. The summed E-state index contributed by atoms with van der Waals surface area (Å²) in [5.74, 6) is 2.06. The van der Waals surface area contributed by atoms with Crippen LogP contribution >= 0.6 is 0 Å². The van der Waals surface area contributed by atoms with Crippen LogP contribution in [0.4, 0.5) is 4.79 Å². The van der Waals surface area contributed by atoms with E-state index in [4.69, 9.17) is 15.9 Å². The Morgan fingerprint density at radius 2 is 2.28 bits per heavy atom. The fourth-order valence-corrected chi connectivity index (χ4v) is 1.65. The number of nitrogens with zero attached hydrogens (tertiary/aromatic N) is 1. The zero-order chi connectivity index (χ0) is 13.8. The zero-order valence-corrected chi connectivity index (χ0v) is 11.1. The lowest BCUT2D eigenvalue weighted by Gasteiger charge is -2.29. The highest BCUT2D eigenvalue weighted by Gasteiger charge is 2.36. The SMILES string of the molecule is C#CCCN(C(=O)OC(C)(C)C)C1CCOC1=O. The first-order valence-corrected chi connectivity index (χ1v) is 5.95. The molecule has 0 N–H and O–H groups in total. The average Bonchev–Trinajstić information content (AvgIpc) is 2.63. The molecular weight excluding hydrogens is 234 g/mol. The Morgan fingerprint density at radius 1 is 1.61 bits per heavy atom. The van der Waals surface area contributed by atoms with Crippen LogP contribution in [0.25, 0.3) is 0 Å². The van der Waals surface area contributed by atoms with Gasteiger partial charge in [0.1, 0.15) is 11.6 Å². The normalized spacial score (nSPS) is 19.0. The van der Waals surface area contributed by atoms with Crippen LogP contribution in [0.1, 0.15) is 33.6 Å². The topological polar surface area (TPSA) is 55.8 Å². The van der Waals surface area contributed by atoms with Crippen molar-refractivity contribution in [2.75, 3.05) is 13.2 Å². The van der Waals surface area contributed by atoms with Gasteiger partial charge < -0.3 is 9.47 Å². The lowest BCUT2D eigenvalue weighted by Crippen LogP contribution is -2.45. The van der Waals surface area contributed by atoms with Crippen molar-refractivity contribution < 1.29 is 19.1 Å². The van der Waals surface area contributed by atoms with Gasteiger partial charge in [0.15, 0.2) is 0 Å². The molecule has 5 heteroatoms. The molecule has 0 aromatic carbocycles. The molecule has 1 atom stereocenters. The number of carbonyl (C=O) groups is 2. The first-order valence-electron chi connectivity index (χ1n) is 5.95. The van der Waals surface area contributed by atoms with E-state index in [0.29, 0.717) is 26.0 Å². The van der Waals surface area contributed by atoms with Crippen molar-refractivity contribution in [3.05, 3.63) is 0 Å². The minimum absolute atomic E-state index is 0.297. The first-order chi connectivity index (χ1) is 8.35. The third kappa shape index (κ3) is 3.95. The summed E-state index contributed by atoms with van der Waals surface area (Å²) < 4.78 is 10.1. The number of ether oxygens (including phenoxy) is 2. The van der Waals surface area contributed by atoms with Crippen molar-refractivity contribution in [3.63, 3.8) is 0 Å². The minimum Gasteiger partial charge on any atom is -0.464 e. The number of amides is 1. The second-order valence-corrected chi connectivity index (χ2v) is 5.10. The van der Waals surface area contributed by atoms with Gasteiger partial charge in [-0.3, -0.25) is 4.90 Å². The average molecular weight is 253 g/mol. The molecule has 0 aliphatic carbocycles. The monoisotopic (exact) mass is 253 g/mol. The summed E-state index contributed by atoms with van der Waals surface area (Å²) >= 11 is 0. The van der Waals surface area contributed by atoms with E-state index < -0.39 is 23.7 Å². The van der Waals surface area contributed by atoms with Crippen LogP contribution < -0.4 is 0 Å². The molecule has 1 aliphatic heterocycles. The number of cyclic esters (lactones) is 1. The van der Waals surface area contributed by atoms with Gasteiger partial charge in [-0.25, -0.2) is 9.59 Å². The molecule has 1 fully saturated rings. The van der Waals surface area contributed by atoms with Crippen molar-refractivity contribution in [1.29, 1.82) is 0 Å². The van der Waals surface area contributed by atoms with Gasteiger partial charge >= 0.3 is 12.1 Å². The predicted molar refractivity (Wildman–Crippen MR) is 65.8 cm³/mol. The molecule has 0 aromatic rings. The van der Waals surface area contributed by atoms with Crippen molar-refractivity contribution in [2.45, 2.75) is 45.3 Å². The summed E-state index contributed by atoms with van der Waals surface area (Å²) in [7, 11) is 0. The van der Waals surface area contributed by atoms with Gasteiger partial charge in [0.2, 0.25) is 0 Å². The molecule has 0 saturated carbocycles. The fraction of sp³-hybridized carbons (Fsp3) is 0.692. The molecule has 1 heterocycles. The summed E-state index contributed by atoms with van der Waals surface area (Å²) in [6.45, 7) is 5.95. The van der Waals surface area contributed by atoms with E-state index in [9.17, 15) is 9.59 Å². The van der Waals surface area contributed by atoms with Gasteiger partial charge in [0.25, 0.3) is 0 Å². The third-order valence-corrected chi connectivity index (χ3v) is 2.41. The molecule has 1 aliphatic rings. The lowest BCUT2D eigenvalue weighted by atomic mass is 10.2. The van der Waals surface area contributed by atoms with Gasteiger partial charge in [-0.15, -0.1) is 12.3 Å². The highest BCUT2D eigenvalue weighted by Crippen LogP contribution is 2.18. The smallest absolute Gasteiger partial charge is 0.411 e. The van der Waals surface area contributed by atoms with Crippen LogP contribution in [-0.4, -0.2) is 41.8 Å². The number of carbonyl (C=O) groups excluding carboxylic acids is 2. The van der Waals surface area contributed by atoms with Crippen LogP contribution in [0.5, 0.6) is 0 Å². The Labute approximate surface area is 107 Å². The Kier molecular flexibility index (Phi) is 4.60. The van der Waals surface area contributed by atoms with Crippen LogP contribution in [0.3, 0.4) is 0 Å². The number of terminal acetylenes is 1. The highest BCUT2D eigenvalue weighted by molar-refractivity contribution is 5.82. The van der Waals surface area contributed by atoms with E-state index in [0.717, 1.165) is 0 Å². The first kappa shape index (κ1) is 14.4. The third-order valence-electron chi connectivity index (χ3n) is 2.41. The number of hydrogen-bond acceptors (Lipinski definition) is 4. The molecule has 18 heavy (non-hydrogen) atoms. The molecule has 1 saturated heterocycles. The summed E-state index contributed by atoms with van der Waals surface area (Å²) in [5.41, 5.74) is -0.603. The van der Waals surface area contributed by atoms with E-state index in [2.05, 4.69) is 5.92 Å². The van der Waals surface area contributed by atoms with Crippen molar-refractivity contribution in [1.82, 2.24) is 4.90 Å². The molecule has 1 unspecified atom stereocenters. The molecular formula is C13H19NO4. The van der Waals surface area contributed by atoms with E-state index >= 15 is 0 Å². The van der Waals surface area contributed by atoms with Gasteiger partial charge in [-0.05, 0) is 20.8 Å². The standard InChI is InChI=1S/C13H19NO4/c1-5-6-8-14(10-7-9-17-11(10)15)12(16)18-13(2,3)4/h1,10H,6-9H2,2-4H3. The zero-order valence-electron chi connectivity index (χ0n) is 11.1. The van der Waals surface area contributed by atoms with Crippen molar-refractivity contribution in [3.8, 4) is 12.3 Å². The predicted octanol–water partition coefficient (Wildman–Crippen LogP) is 1.56. The van der Waals surface area contributed by atoms with Gasteiger partial charge in [-0.1, -0.05) is 0 Å². The van der Waals surface area contributed by atoms with Gasteiger partial charge in [0.05, 0.1) is 6.61 Å². The fourth-order valence-electron chi connectivity index (χ4n) is 1.65. The Hall–Kier alpha value is -1.70. The molecule has 100 valence electrons. The number of hydrogen-bond donors (Lipinski definition) is 0. The Morgan fingerprint density at radius 3 is 2.72 bits per heavy atom. The molecule has 0 radical (unpaired) electrons. The Bertz CT molecular complexity index is 364. The van der Waals surface area contributed by atoms with E-state index in [1.165, 1.54) is 4.90 Å². The molecule has 0 aromatic heterocycles. The highest BCUT2D eigenvalue weighted by atomic mass is 16.6. The molecule has 0 bridgehead atoms. The number of esters is 1. The number of rotatable bonds is 3. The van der Waals surface area contributed by atoms with Crippen molar-refractivity contribution >= 4 is 12.1 Å². The molecule has 1 rings (SSSR count). The van der Waals surface area contributed by atoms with Gasteiger partial charge in [-0.2, -0.15) is 0 Å². The van der Waals surface area contributed by atoms with E-state index in [1.807, 2.05) is 0 Å². The van der Waals surface area contributed by atoms with Crippen molar-refractivity contribution in [2.24, 2.45) is 0 Å². The minimum atomic E-state index is -0.603. The van der Waals surface area contributed by atoms with E-state index in [1.54, 1.807) is 20.8 Å². The van der Waals surface area contributed by atoms with Gasteiger partial charge in [0, 0.05) is 19.4 Å². The van der Waals surface area contributed by atoms with Crippen LogP contribution in [0.15, 0.2) is 0 Å². The van der Waals surface area contributed by atoms with Crippen LogP contribution in [0, 0.1) is 12.3 Å². The van der Waals surface area contributed by atoms with Crippen LogP contribution in [-0.2, 0) is 14.3 Å². The largest absolute Gasteiger partial charge is 0.464 e. The lowest BCUT2D eigenvalue weighted by molar-refractivity contribution is -0.142. The second kappa shape index (κ2) is 5.76. The van der Waals surface area contributed by atoms with Crippen LogP contribution in [0.2, 0.25) is 0 Å². The quantitative estimate of drug-likeness (QED) is 0.566. The maximum atomic E-state index is 12.0. The maximum Gasteiger partial charge on any atom is 0.411 e. The summed E-state index contributed by atoms with van der Waals surface area (Å²) in [6.07, 6.45) is 5.53. The molecule has 1 amide bonds. The molecule has 0 spiro atoms. The van der Waals surface area contributed by atoms with E-state index in [-0.39, 0.29) is 0 Å². The summed E-state index contributed by atoms with van der Waals surface area (Å²) in [6, 6.07) is -0.576. The summed E-state index contributed by atoms with van der Waals surface area (Å²) in [4.78, 5) is 24.9. The second-order valence-electron chi connectivity index (χ2n) is 5.10.